The van der Waals surface area contributed by atoms with Gasteiger partial charge in [0.1, 0.15) is 0 Å². The van der Waals surface area contributed by atoms with E-state index in [1.807, 2.05) is 30.1 Å². The van der Waals surface area contributed by atoms with Crippen LogP contribution in [0.4, 0.5) is 0 Å². The Balaban J connectivity index is 1.51. The SMILES string of the molecule is CN(C(=O)c1ccc2c(c1)COC2)C1CC2CCC(C1)N2. The standard InChI is InChI=1S/C17H22N2O2/c1-19(16-7-14-4-5-15(8-16)18-14)17(20)11-2-3-12-9-21-10-13(12)6-11/h2-3,6,14-16,18H,4-5,7-10H2,1H3. The zero-order chi connectivity index (χ0) is 14.4. The van der Waals surface area contributed by atoms with E-state index in [0.717, 1.165) is 18.4 Å². The Morgan fingerprint density at radius 3 is 2.67 bits per heavy atom. The molecule has 3 heterocycles. The lowest BCUT2D eigenvalue weighted by Gasteiger charge is -2.35. The minimum atomic E-state index is 0.149. The number of nitrogens with one attached hydrogen (secondary N) is 1. The van der Waals surface area contributed by atoms with Crippen LogP contribution in [-0.2, 0) is 18.0 Å². The molecular weight excluding hydrogens is 264 g/mol. The fraction of sp³-hybridized carbons (Fsp3) is 0.588. The molecule has 1 aromatic carbocycles. The van der Waals surface area contributed by atoms with Gasteiger partial charge in [0.15, 0.2) is 0 Å². The molecule has 1 N–H and O–H groups in total. The highest BCUT2D eigenvalue weighted by Gasteiger charge is 2.36. The molecule has 0 spiro atoms. The molecule has 3 aliphatic heterocycles. The fourth-order valence-electron chi connectivity index (χ4n) is 4.02. The highest BCUT2D eigenvalue weighted by molar-refractivity contribution is 5.94. The zero-order valence-corrected chi connectivity index (χ0v) is 12.5. The Labute approximate surface area is 125 Å². The van der Waals surface area contributed by atoms with Crippen molar-refractivity contribution >= 4 is 5.91 Å². The molecule has 21 heavy (non-hydrogen) atoms. The van der Waals surface area contributed by atoms with Crippen LogP contribution < -0.4 is 5.32 Å². The van der Waals surface area contributed by atoms with Gasteiger partial charge in [-0.25, -0.2) is 0 Å². The molecule has 0 aliphatic carbocycles. The van der Waals surface area contributed by atoms with Crippen molar-refractivity contribution in [2.24, 2.45) is 0 Å². The summed E-state index contributed by atoms with van der Waals surface area (Å²) in [5, 5.41) is 3.63. The van der Waals surface area contributed by atoms with Gasteiger partial charge in [-0.15, -0.1) is 0 Å². The fourth-order valence-corrected chi connectivity index (χ4v) is 4.02. The van der Waals surface area contributed by atoms with Crippen molar-refractivity contribution in [2.75, 3.05) is 7.05 Å². The third kappa shape index (κ3) is 2.36. The van der Waals surface area contributed by atoms with E-state index in [1.165, 1.54) is 24.0 Å². The lowest BCUT2D eigenvalue weighted by molar-refractivity contribution is 0.0681. The van der Waals surface area contributed by atoms with Crippen molar-refractivity contribution in [1.82, 2.24) is 10.2 Å². The number of carbonyl (C=O) groups excluding carboxylic acids is 1. The number of amides is 1. The highest BCUT2D eigenvalue weighted by atomic mass is 16.5. The topological polar surface area (TPSA) is 41.6 Å². The molecule has 112 valence electrons. The van der Waals surface area contributed by atoms with Gasteiger partial charge < -0.3 is 15.0 Å². The van der Waals surface area contributed by atoms with Crippen LogP contribution in [0.5, 0.6) is 0 Å². The number of hydrogen-bond acceptors (Lipinski definition) is 3. The molecule has 4 heteroatoms. The van der Waals surface area contributed by atoms with Crippen molar-refractivity contribution < 1.29 is 9.53 Å². The Morgan fingerprint density at radius 2 is 1.90 bits per heavy atom. The molecule has 4 nitrogen and oxygen atoms in total. The second kappa shape index (κ2) is 5.11. The number of hydrogen-bond donors (Lipinski definition) is 1. The van der Waals surface area contributed by atoms with Crippen LogP contribution in [-0.4, -0.2) is 36.0 Å². The van der Waals surface area contributed by atoms with Crippen molar-refractivity contribution in [3.8, 4) is 0 Å². The molecular formula is C17H22N2O2. The van der Waals surface area contributed by atoms with Crippen LogP contribution in [0.3, 0.4) is 0 Å². The van der Waals surface area contributed by atoms with Crippen molar-refractivity contribution in [3.05, 3.63) is 34.9 Å². The van der Waals surface area contributed by atoms with E-state index in [9.17, 15) is 4.79 Å². The summed E-state index contributed by atoms with van der Waals surface area (Å²) >= 11 is 0. The number of rotatable bonds is 2. The van der Waals surface area contributed by atoms with Gasteiger partial charge in [-0.1, -0.05) is 6.07 Å². The molecule has 0 saturated carbocycles. The van der Waals surface area contributed by atoms with Crippen LogP contribution in [0.1, 0.15) is 47.2 Å². The van der Waals surface area contributed by atoms with Gasteiger partial charge >= 0.3 is 0 Å². The molecule has 2 atom stereocenters. The Kier molecular flexibility index (Phi) is 3.23. The van der Waals surface area contributed by atoms with Crippen LogP contribution in [0.15, 0.2) is 18.2 Å². The first-order valence-electron chi connectivity index (χ1n) is 7.93. The molecule has 1 aromatic rings. The predicted molar refractivity (Wildman–Crippen MR) is 80.0 cm³/mol. The van der Waals surface area contributed by atoms with Gasteiger partial charge in [-0.05, 0) is 48.9 Å². The van der Waals surface area contributed by atoms with Crippen LogP contribution in [0.25, 0.3) is 0 Å². The summed E-state index contributed by atoms with van der Waals surface area (Å²) in [5.41, 5.74) is 3.18. The summed E-state index contributed by atoms with van der Waals surface area (Å²) in [7, 11) is 1.96. The minimum Gasteiger partial charge on any atom is -0.372 e. The second-order valence-corrected chi connectivity index (χ2v) is 6.66. The molecule has 4 rings (SSSR count). The maximum absolute atomic E-state index is 12.7. The smallest absolute Gasteiger partial charge is 0.253 e. The summed E-state index contributed by atoms with van der Waals surface area (Å²) < 4.78 is 5.43. The summed E-state index contributed by atoms with van der Waals surface area (Å²) in [6.45, 7) is 1.31. The minimum absolute atomic E-state index is 0.149. The van der Waals surface area contributed by atoms with Gasteiger partial charge in [0.2, 0.25) is 0 Å². The average molecular weight is 286 g/mol. The molecule has 0 aromatic heterocycles. The van der Waals surface area contributed by atoms with Crippen molar-refractivity contribution in [2.45, 2.75) is 57.0 Å². The van der Waals surface area contributed by atoms with E-state index in [-0.39, 0.29) is 5.91 Å². The molecule has 2 bridgehead atoms. The maximum atomic E-state index is 12.7. The van der Waals surface area contributed by atoms with E-state index < -0.39 is 0 Å². The normalized spacial score (nSPS) is 30.2. The van der Waals surface area contributed by atoms with Crippen molar-refractivity contribution in [1.29, 1.82) is 0 Å². The van der Waals surface area contributed by atoms with Crippen LogP contribution in [0.2, 0.25) is 0 Å². The molecule has 0 radical (unpaired) electrons. The monoisotopic (exact) mass is 286 g/mol. The van der Waals surface area contributed by atoms with Gasteiger partial charge in [-0.3, -0.25) is 4.79 Å². The van der Waals surface area contributed by atoms with Crippen molar-refractivity contribution in [3.63, 3.8) is 0 Å². The largest absolute Gasteiger partial charge is 0.372 e. The number of benzene rings is 1. The number of carbonyl (C=O) groups is 1. The molecule has 2 saturated heterocycles. The highest BCUT2D eigenvalue weighted by Crippen LogP contribution is 2.30. The summed E-state index contributed by atoms with van der Waals surface area (Å²) in [5.74, 6) is 0.149. The first-order chi connectivity index (χ1) is 10.2. The third-order valence-electron chi connectivity index (χ3n) is 5.28. The predicted octanol–water partition coefficient (Wildman–Crippen LogP) is 2.07. The Bertz CT molecular complexity index is 560. The Morgan fingerprint density at radius 1 is 1.19 bits per heavy atom. The summed E-state index contributed by atoms with van der Waals surface area (Å²) in [6, 6.07) is 7.59. The third-order valence-corrected chi connectivity index (χ3v) is 5.28. The van der Waals surface area contributed by atoms with E-state index in [1.54, 1.807) is 0 Å². The molecule has 3 aliphatic rings. The van der Waals surface area contributed by atoms with E-state index in [0.29, 0.717) is 31.3 Å². The summed E-state index contributed by atoms with van der Waals surface area (Å²) in [4.78, 5) is 14.7. The lowest BCUT2D eigenvalue weighted by atomic mass is 9.97. The van der Waals surface area contributed by atoms with Gasteiger partial charge in [0.05, 0.1) is 13.2 Å². The lowest BCUT2D eigenvalue weighted by Crippen LogP contribution is -2.48. The van der Waals surface area contributed by atoms with E-state index >= 15 is 0 Å². The van der Waals surface area contributed by atoms with E-state index in [2.05, 4.69) is 5.32 Å². The van der Waals surface area contributed by atoms with Gasteiger partial charge in [0.25, 0.3) is 5.91 Å². The number of ether oxygens (including phenoxy) is 1. The van der Waals surface area contributed by atoms with Crippen LogP contribution in [0, 0.1) is 0 Å². The first-order valence-corrected chi connectivity index (χ1v) is 7.93. The Hall–Kier alpha value is -1.39. The number of nitrogens with zero attached hydrogens (tertiary/aromatic N) is 1. The summed E-state index contributed by atoms with van der Waals surface area (Å²) in [6.07, 6.45) is 4.71. The molecule has 2 fully saturated rings. The average Bonchev–Trinajstić information content (AvgIpc) is 3.11. The number of piperidine rings is 1. The molecule has 1 amide bonds. The van der Waals surface area contributed by atoms with E-state index in [4.69, 9.17) is 4.74 Å². The molecule has 2 unspecified atom stereocenters. The number of fused-ring (bicyclic) bond motifs is 3. The zero-order valence-electron chi connectivity index (χ0n) is 12.5. The first kappa shape index (κ1) is 13.3. The maximum Gasteiger partial charge on any atom is 0.253 e. The second-order valence-electron chi connectivity index (χ2n) is 6.66. The van der Waals surface area contributed by atoms with Gasteiger partial charge in [0, 0.05) is 30.7 Å². The van der Waals surface area contributed by atoms with Gasteiger partial charge in [-0.2, -0.15) is 0 Å². The quantitative estimate of drug-likeness (QED) is 0.905. The van der Waals surface area contributed by atoms with Crippen LogP contribution >= 0.6 is 0 Å².